The highest BCUT2D eigenvalue weighted by atomic mass is 19.4. The van der Waals surface area contributed by atoms with Crippen molar-refractivity contribution < 1.29 is 35.9 Å². The second-order valence-corrected chi connectivity index (χ2v) is 8.25. The summed E-state index contributed by atoms with van der Waals surface area (Å²) in [5.74, 6) is -0.588. The summed E-state index contributed by atoms with van der Waals surface area (Å²) in [5.41, 5.74) is 1.86. The summed E-state index contributed by atoms with van der Waals surface area (Å²) < 4.78 is 83.2. The van der Waals surface area contributed by atoms with Gasteiger partial charge in [0, 0.05) is 31.8 Å². The van der Waals surface area contributed by atoms with Crippen LogP contribution in [0.3, 0.4) is 0 Å². The Bertz CT molecular complexity index is 760. The highest BCUT2D eigenvalue weighted by molar-refractivity contribution is 5.86. The SMILES string of the molecule is N[C@]1(C(=O)NCc2cc(C(F)(F)F)cc(C(F)(F)F)c2)CC[C@@H](NC2CCOCC2)C1. The zero-order valence-electron chi connectivity index (χ0n) is 16.7. The van der Waals surface area contributed by atoms with Crippen molar-refractivity contribution in [3.05, 3.63) is 34.9 Å². The lowest BCUT2D eigenvalue weighted by Crippen LogP contribution is -2.53. The molecule has 2 fully saturated rings. The molecule has 11 heteroatoms. The van der Waals surface area contributed by atoms with Crippen LogP contribution in [0.15, 0.2) is 18.2 Å². The molecule has 174 valence electrons. The summed E-state index contributed by atoms with van der Waals surface area (Å²) in [7, 11) is 0. The molecule has 1 heterocycles. The molecule has 1 saturated heterocycles. The largest absolute Gasteiger partial charge is 0.416 e. The van der Waals surface area contributed by atoms with E-state index in [9.17, 15) is 31.1 Å². The van der Waals surface area contributed by atoms with E-state index in [1.54, 1.807) is 0 Å². The van der Waals surface area contributed by atoms with Crippen LogP contribution in [-0.2, 0) is 28.4 Å². The molecular formula is C20H25F6N3O2. The van der Waals surface area contributed by atoms with Gasteiger partial charge >= 0.3 is 12.4 Å². The minimum absolute atomic E-state index is 0.0178. The molecule has 2 atom stereocenters. The lowest BCUT2D eigenvalue weighted by Gasteiger charge is -2.28. The van der Waals surface area contributed by atoms with Crippen LogP contribution in [0.2, 0.25) is 0 Å². The maximum Gasteiger partial charge on any atom is 0.416 e. The average Bonchev–Trinajstić information content (AvgIpc) is 3.07. The molecule has 4 N–H and O–H groups in total. The van der Waals surface area contributed by atoms with Gasteiger partial charge in [-0.2, -0.15) is 26.3 Å². The molecule has 1 saturated carbocycles. The third-order valence-corrected chi connectivity index (χ3v) is 5.80. The van der Waals surface area contributed by atoms with Crippen LogP contribution >= 0.6 is 0 Å². The van der Waals surface area contributed by atoms with Gasteiger partial charge < -0.3 is 21.1 Å². The zero-order chi connectivity index (χ0) is 22.9. The molecule has 2 aliphatic rings. The molecule has 1 aliphatic heterocycles. The van der Waals surface area contributed by atoms with Crippen LogP contribution < -0.4 is 16.4 Å². The smallest absolute Gasteiger partial charge is 0.381 e. The first kappa shape index (κ1) is 23.8. The maximum absolute atomic E-state index is 13.0. The van der Waals surface area contributed by atoms with Crippen molar-refractivity contribution in [2.24, 2.45) is 5.73 Å². The summed E-state index contributed by atoms with van der Waals surface area (Å²) in [6.07, 6.45) is -6.80. The first-order chi connectivity index (χ1) is 14.4. The highest BCUT2D eigenvalue weighted by Crippen LogP contribution is 2.36. The Hall–Kier alpha value is -1.85. The topological polar surface area (TPSA) is 76.4 Å². The van der Waals surface area contributed by atoms with Crippen molar-refractivity contribution in [1.82, 2.24) is 10.6 Å². The molecule has 5 nitrogen and oxygen atoms in total. The number of alkyl halides is 6. The number of halogens is 6. The molecule has 0 bridgehead atoms. The monoisotopic (exact) mass is 453 g/mol. The molecule has 1 aromatic rings. The van der Waals surface area contributed by atoms with Gasteiger partial charge in [0.1, 0.15) is 0 Å². The van der Waals surface area contributed by atoms with E-state index in [0.29, 0.717) is 44.6 Å². The second-order valence-electron chi connectivity index (χ2n) is 8.25. The number of ether oxygens (including phenoxy) is 1. The van der Waals surface area contributed by atoms with Crippen LogP contribution in [0.25, 0.3) is 0 Å². The van der Waals surface area contributed by atoms with E-state index >= 15 is 0 Å². The van der Waals surface area contributed by atoms with E-state index in [1.165, 1.54) is 0 Å². The van der Waals surface area contributed by atoms with Crippen LogP contribution in [0.4, 0.5) is 26.3 Å². The quantitative estimate of drug-likeness (QED) is 0.598. The van der Waals surface area contributed by atoms with Crippen molar-refractivity contribution in [3.63, 3.8) is 0 Å². The minimum atomic E-state index is -4.94. The molecule has 0 radical (unpaired) electrons. The molecule has 1 aromatic carbocycles. The third kappa shape index (κ3) is 6.11. The second kappa shape index (κ2) is 8.95. The summed E-state index contributed by atoms with van der Waals surface area (Å²) in [5, 5.41) is 5.88. The normalized spacial score (nSPS) is 25.6. The zero-order valence-corrected chi connectivity index (χ0v) is 16.7. The van der Waals surface area contributed by atoms with Gasteiger partial charge in [-0.05, 0) is 55.9 Å². The van der Waals surface area contributed by atoms with Crippen LogP contribution in [0.1, 0.15) is 48.8 Å². The Morgan fingerprint density at radius 3 is 2.13 bits per heavy atom. The standard InChI is InChI=1S/C20H25F6N3O2/c21-19(22,23)13-7-12(8-14(9-13)20(24,25)26)11-28-17(30)18(27)4-1-16(10-18)29-15-2-5-31-6-3-15/h7-9,15-16,29H,1-6,10-11,27H2,(H,28,30)/t16-,18-/m1/s1. The molecule has 0 spiro atoms. The summed E-state index contributed by atoms with van der Waals surface area (Å²) in [4.78, 5) is 12.6. The van der Waals surface area contributed by atoms with Crippen molar-refractivity contribution >= 4 is 5.91 Å². The third-order valence-electron chi connectivity index (χ3n) is 5.80. The Balaban J connectivity index is 1.63. The number of hydrogen-bond acceptors (Lipinski definition) is 4. The molecule has 31 heavy (non-hydrogen) atoms. The van der Waals surface area contributed by atoms with E-state index in [2.05, 4.69) is 10.6 Å². The Kier molecular flexibility index (Phi) is 6.87. The van der Waals surface area contributed by atoms with Gasteiger partial charge in [-0.25, -0.2) is 0 Å². The van der Waals surface area contributed by atoms with Gasteiger partial charge in [0.15, 0.2) is 0 Å². The summed E-state index contributed by atoms with van der Waals surface area (Å²) in [6.45, 7) is 0.841. The minimum Gasteiger partial charge on any atom is -0.381 e. The number of carbonyl (C=O) groups excluding carboxylic acids is 1. The predicted octanol–water partition coefficient (Wildman–Crippen LogP) is 3.36. The first-order valence-corrected chi connectivity index (χ1v) is 10.1. The van der Waals surface area contributed by atoms with Gasteiger partial charge in [-0.3, -0.25) is 4.79 Å². The molecule has 1 aliphatic carbocycles. The molecule has 1 amide bonds. The van der Waals surface area contributed by atoms with Gasteiger partial charge in [-0.15, -0.1) is 0 Å². The number of rotatable bonds is 5. The number of nitrogens with one attached hydrogen (secondary N) is 2. The van der Waals surface area contributed by atoms with Crippen LogP contribution in [0.5, 0.6) is 0 Å². The van der Waals surface area contributed by atoms with Crippen LogP contribution in [-0.4, -0.2) is 36.7 Å². The fourth-order valence-corrected chi connectivity index (χ4v) is 4.10. The number of amides is 1. The van der Waals surface area contributed by atoms with Gasteiger partial charge in [0.05, 0.1) is 16.7 Å². The summed E-state index contributed by atoms with van der Waals surface area (Å²) >= 11 is 0. The van der Waals surface area contributed by atoms with Gasteiger partial charge in [0.25, 0.3) is 0 Å². The van der Waals surface area contributed by atoms with Crippen molar-refractivity contribution in [2.75, 3.05) is 13.2 Å². The van der Waals surface area contributed by atoms with E-state index < -0.39 is 41.5 Å². The number of hydrogen-bond donors (Lipinski definition) is 3. The predicted molar refractivity (Wildman–Crippen MR) is 99.8 cm³/mol. The lowest BCUT2D eigenvalue weighted by atomic mass is 9.97. The van der Waals surface area contributed by atoms with Crippen molar-refractivity contribution in [1.29, 1.82) is 0 Å². The van der Waals surface area contributed by atoms with Crippen molar-refractivity contribution in [2.45, 2.75) is 68.6 Å². The van der Waals surface area contributed by atoms with Crippen molar-refractivity contribution in [3.8, 4) is 0 Å². The van der Waals surface area contributed by atoms with E-state index in [-0.39, 0.29) is 23.7 Å². The Labute approximate surface area is 175 Å². The average molecular weight is 453 g/mol. The molecule has 3 rings (SSSR count). The van der Waals surface area contributed by atoms with Gasteiger partial charge in [-0.1, -0.05) is 0 Å². The van der Waals surface area contributed by atoms with E-state index in [1.807, 2.05) is 0 Å². The Morgan fingerprint density at radius 1 is 1.00 bits per heavy atom. The molecule has 0 aromatic heterocycles. The van der Waals surface area contributed by atoms with Gasteiger partial charge in [0.2, 0.25) is 5.91 Å². The van der Waals surface area contributed by atoms with E-state index in [0.717, 1.165) is 12.8 Å². The Morgan fingerprint density at radius 2 is 1.58 bits per heavy atom. The maximum atomic E-state index is 13.0. The van der Waals surface area contributed by atoms with E-state index in [4.69, 9.17) is 10.5 Å². The molecular weight excluding hydrogens is 428 g/mol. The fourth-order valence-electron chi connectivity index (χ4n) is 4.10. The lowest BCUT2D eigenvalue weighted by molar-refractivity contribution is -0.143. The fraction of sp³-hybridized carbons (Fsp3) is 0.650. The van der Waals surface area contributed by atoms with Crippen LogP contribution in [0, 0.1) is 0 Å². The summed E-state index contributed by atoms with van der Waals surface area (Å²) in [6, 6.07) is 1.55. The first-order valence-electron chi connectivity index (χ1n) is 10.1. The number of benzene rings is 1. The number of nitrogens with two attached hydrogens (primary N) is 1. The number of carbonyl (C=O) groups is 1. The molecule has 0 unspecified atom stereocenters. The highest BCUT2D eigenvalue weighted by Gasteiger charge is 2.42.